The van der Waals surface area contributed by atoms with E-state index < -0.39 is 6.10 Å². The molecular weight excluding hydrogens is 312 g/mol. The van der Waals surface area contributed by atoms with Crippen LogP contribution in [0, 0.1) is 12.8 Å². The van der Waals surface area contributed by atoms with E-state index in [-0.39, 0.29) is 24.4 Å². The highest BCUT2D eigenvalue weighted by Gasteiger charge is 2.26. The van der Waals surface area contributed by atoms with Crippen LogP contribution in [0.1, 0.15) is 44.6 Å². The van der Waals surface area contributed by atoms with Crippen molar-refractivity contribution in [1.29, 1.82) is 0 Å². The van der Waals surface area contributed by atoms with Crippen LogP contribution in [-0.2, 0) is 4.79 Å². The minimum absolute atomic E-state index is 0. The summed E-state index contributed by atoms with van der Waals surface area (Å²) in [6, 6.07) is 7.81. The molecule has 0 aromatic heterocycles. The molecule has 0 radical (unpaired) electrons. The summed E-state index contributed by atoms with van der Waals surface area (Å²) in [4.78, 5) is 12.4. The molecule has 3 N–H and O–H groups in total. The van der Waals surface area contributed by atoms with Gasteiger partial charge in [0.15, 0.2) is 6.10 Å². The van der Waals surface area contributed by atoms with Crippen molar-refractivity contribution in [3.63, 3.8) is 0 Å². The Bertz CT molecular complexity index is 490. The zero-order chi connectivity index (χ0) is 15.9. The van der Waals surface area contributed by atoms with Crippen LogP contribution in [0.15, 0.2) is 24.3 Å². The monoisotopic (exact) mass is 340 g/mol. The highest BCUT2D eigenvalue weighted by Crippen LogP contribution is 2.26. The number of rotatable bonds is 6. The summed E-state index contributed by atoms with van der Waals surface area (Å²) >= 11 is 0. The maximum absolute atomic E-state index is 12.4. The van der Waals surface area contributed by atoms with Gasteiger partial charge in [-0.3, -0.25) is 4.79 Å². The normalized spacial score (nSPS) is 17.7. The first-order chi connectivity index (χ1) is 10.6. The minimum Gasteiger partial charge on any atom is -0.481 e. The van der Waals surface area contributed by atoms with Crippen molar-refractivity contribution in [3.05, 3.63) is 29.8 Å². The summed E-state index contributed by atoms with van der Waals surface area (Å²) in [5.41, 5.74) is 6.99. The third kappa shape index (κ3) is 6.04. The van der Waals surface area contributed by atoms with E-state index in [0.717, 1.165) is 24.2 Å². The third-order valence-electron chi connectivity index (χ3n) is 4.47. The second kappa shape index (κ2) is 9.78. The molecular formula is C18H29ClN2O2. The lowest BCUT2D eigenvalue weighted by Crippen LogP contribution is -2.49. The molecule has 0 bridgehead atoms. The Morgan fingerprint density at radius 1 is 1.35 bits per heavy atom. The zero-order valence-electron chi connectivity index (χ0n) is 14.1. The maximum Gasteiger partial charge on any atom is 0.261 e. The first-order valence-electron chi connectivity index (χ1n) is 8.34. The summed E-state index contributed by atoms with van der Waals surface area (Å²) in [7, 11) is 0. The molecule has 1 aliphatic carbocycles. The van der Waals surface area contributed by atoms with Gasteiger partial charge in [-0.1, -0.05) is 31.4 Å². The first kappa shape index (κ1) is 19.8. The van der Waals surface area contributed by atoms with Crippen molar-refractivity contribution in [2.24, 2.45) is 11.7 Å². The highest BCUT2D eigenvalue weighted by molar-refractivity contribution is 5.85. The number of carbonyl (C=O) groups is 1. The maximum atomic E-state index is 12.4. The van der Waals surface area contributed by atoms with Gasteiger partial charge >= 0.3 is 0 Å². The Labute approximate surface area is 145 Å². The van der Waals surface area contributed by atoms with Crippen LogP contribution >= 0.6 is 12.4 Å². The van der Waals surface area contributed by atoms with Crippen molar-refractivity contribution in [2.45, 2.75) is 58.1 Å². The molecule has 1 saturated carbocycles. The van der Waals surface area contributed by atoms with Crippen molar-refractivity contribution < 1.29 is 9.53 Å². The molecule has 0 heterocycles. The van der Waals surface area contributed by atoms with E-state index in [2.05, 4.69) is 5.32 Å². The van der Waals surface area contributed by atoms with Gasteiger partial charge < -0.3 is 15.8 Å². The van der Waals surface area contributed by atoms with Crippen molar-refractivity contribution in [1.82, 2.24) is 5.32 Å². The second-order valence-corrected chi connectivity index (χ2v) is 6.33. The second-order valence-electron chi connectivity index (χ2n) is 6.33. The molecule has 2 rings (SSSR count). The Balaban J connectivity index is 0.00000264. The number of halogens is 1. The lowest BCUT2D eigenvalue weighted by Gasteiger charge is -2.30. The Morgan fingerprint density at radius 3 is 2.65 bits per heavy atom. The Kier molecular flexibility index (Phi) is 8.42. The Morgan fingerprint density at radius 2 is 2.04 bits per heavy atom. The zero-order valence-corrected chi connectivity index (χ0v) is 14.9. The summed E-state index contributed by atoms with van der Waals surface area (Å²) in [5.74, 6) is 1.15. The Hall–Kier alpha value is -1.26. The quantitative estimate of drug-likeness (QED) is 0.835. The number of hydrogen-bond donors (Lipinski definition) is 2. The van der Waals surface area contributed by atoms with Gasteiger partial charge in [-0.25, -0.2) is 0 Å². The number of aryl methyl sites for hydroxylation is 1. The van der Waals surface area contributed by atoms with Crippen LogP contribution in [0.25, 0.3) is 0 Å². The average molecular weight is 341 g/mol. The highest BCUT2D eigenvalue weighted by atomic mass is 35.5. The number of carbonyl (C=O) groups excluding carboxylic acids is 1. The fourth-order valence-electron chi connectivity index (χ4n) is 3.15. The molecule has 0 spiro atoms. The van der Waals surface area contributed by atoms with Gasteiger partial charge in [-0.15, -0.1) is 12.4 Å². The molecule has 2 atom stereocenters. The van der Waals surface area contributed by atoms with Crippen LogP contribution in [0.5, 0.6) is 5.75 Å². The smallest absolute Gasteiger partial charge is 0.261 e. The SMILES string of the molecule is Cc1cccc(OC(C)C(=O)NC(CN)C2CCCCC2)c1.Cl. The van der Waals surface area contributed by atoms with Gasteiger partial charge in [0.2, 0.25) is 0 Å². The first-order valence-corrected chi connectivity index (χ1v) is 8.34. The van der Waals surface area contributed by atoms with Gasteiger partial charge in [0, 0.05) is 12.6 Å². The predicted molar refractivity (Wildman–Crippen MR) is 96.1 cm³/mol. The number of nitrogens with one attached hydrogen (secondary N) is 1. The van der Waals surface area contributed by atoms with Gasteiger partial charge in [-0.2, -0.15) is 0 Å². The number of amides is 1. The van der Waals surface area contributed by atoms with E-state index in [1.54, 1.807) is 6.92 Å². The molecule has 4 nitrogen and oxygen atoms in total. The third-order valence-corrected chi connectivity index (χ3v) is 4.47. The molecule has 1 aromatic rings. The van der Waals surface area contributed by atoms with E-state index in [0.29, 0.717) is 12.5 Å². The number of ether oxygens (including phenoxy) is 1. The lowest BCUT2D eigenvalue weighted by atomic mass is 9.84. The number of benzene rings is 1. The lowest BCUT2D eigenvalue weighted by molar-refractivity contribution is -0.128. The summed E-state index contributed by atoms with van der Waals surface area (Å²) in [5, 5.41) is 3.08. The molecule has 1 aliphatic rings. The molecule has 2 unspecified atom stereocenters. The van der Waals surface area contributed by atoms with E-state index in [1.807, 2.05) is 31.2 Å². The van der Waals surface area contributed by atoms with Crippen LogP contribution in [0.3, 0.4) is 0 Å². The summed E-state index contributed by atoms with van der Waals surface area (Å²) in [6.07, 6.45) is 5.59. The van der Waals surface area contributed by atoms with Gasteiger partial charge in [-0.05, 0) is 50.3 Å². The summed E-state index contributed by atoms with van der Waals surface area (Å²) < 4.78 is 5.74. The van der Waals surface area contributed by atoms with Gasteiger partial charge in [0.05, 0.1) is 0 Å². The van der Waals surface area contributed by atoms with Crippen molar-refractivity contribution >= 4 is 18.3 Å². The van der Waals surface area contributed by atoms with Crippen molar-refractivity contribution in [2.75, 3.05) is 6.54 Å². The topological polar surface area (TPSA) is 64.3 Å². The summed E-state index contributed by atoms with van der Waals surface area (Å²) in [6.45, 7) is 4.28. The van der Waals surface area contributed by atoms with Gasteiger partial charge in [0.25, 0.3) is 5.91 Å². The number of hydrogen-bond acceptors (Lipinski definition) is 3. The number of nitrogens with two attached hydrogens (primary N) is 1. The molecule has 5 heteroatoms. The van der Waals surface area contributed by atoms with E-state index >= 15 is 0 Å². The minimum atomic E-state index is -0.514. The molecule has 1 aromatic carbocycles. The molecule has 130 valence electrons. The largest absolute Gasteiger partial charge is 0.481 e. The fraction of sp³-hybridized carbons (Fsp3) is 0.611. The standard InChI is InChI=1S/C18H28N2O2.ClH/c1-13-7-6-10-16(11-13)22-14(2)18(21)20-17(12-19)15-8-4-3-5-9-15;/h6-7,10-11,14-15,17H,3-5,8-9,12,19H2,1-2H3,(H,20,21);1H. The van der Waals surface area contributed by atoms with E-state index in [9.17, 15) is 4.79 Å². The van der Waals surface area contributed by atoms with E-state index in [1.165, 1.54) is 19.3 Å². The van der Waals surface area contributed by atoms with Crippen LogP contribution in [0.2, 0.25) is 0 Å². The van der Waals surface area contributed by atoms with Crippen LogP contribution in [-0.4, -0.2) is 24.6 Å². The molecule has 0 aliphatic heterocycles. The van der Waals surface area contributed by atoms with Crippen LogP contribution in [0.4, 0.5) is 0 Å². The molecule has 0 saturated heterocycles. The van der Waals surface area contributed by atoms with Crippen molar-refractivity contribution in [3.8, 4) is 5.75 Å². The molecule has 23 heavy (non-hydrogen) atoms. The average Bonchev–Trinajstić information content (AvgIpc) is 2.53. The van der Waals surface area contributed by atoms with Crippen LogP contribution < -0.4 is 15.8 Å². The van der Waals surface area contributed by atoms with E-state index in [4.69, 9.17) is 10.5 Å². The molecule has 1 fully saturated rings. The fourth-order valence-corrected chi connectivity index (χ4v) is 3.15. The predicted octanol–water partition coefficient (Wildman–Crippen LogP) is 3.21. The van der Waals surface area contributed by atoms with Gasteiger partial charge in [0.1, 0.15) is 5.75 Å². The molecule has 1 amide bonds.